The molecule has 6 heteroatoms. The molecular weight excluding hydrogens is 415 g/mol. The van der Waals surface area contributed by atoms with Gasteiger partial charge in [-0.2, -0.15) is 0 Å². The van der Waals surface area contributed by atoms with Crippen LogP contribution in [0.15, 0.2) is 42.5 Å². The quantitative estimate of drug-likeness (QED) is 0.643. The summed E-state index contributed by atoms with van der Waals surface area (Å²) in [5.41, 5.74) is 4.17. The number of methoxy groups -OCH3 is 1. The summed E-state index contributed by atoms with van der Waals surface area (Å²) >= 11 is 6.30. The molecule has 154 valence electrons. The number of rotatable bonds is 4. The van der Waals surface area contributed by atoms with Crippen LogP contribution in [0, 0.1) is 18.8 Å². The van der Waals surface area contributed by atoms with E-state index in [9.17, 15) is 0 Å². The fourth-order valence-corrected chi connectivity index (χ4v) is 5.21. The molecule has 3 atom stereocenters. The number of halogens is 3. The average molecular weight is 444 g/mol. The normalized spacial score (nSPS) is 24.4. The summed E-state index contributed by atoms with van der Waals surface area (Å²) in [5.74, 6) is 2.20. The largest absolute Gasteiger partial charge is 0.495 e. The van der Waals surface area contributed by atoms with Crippen LogP contribution < -0.4 is 4.74 Å². The summed E-state index contributed by atoms with van der Waals surface area (Å²) in [6.07, 6.45) is 0. The van der Waals surface area contributed by atoms with Crippen molar-refractivity contribution in [1.82, 2.24) is 9.80 Å². The monoisotopic (exact) mass is 442 g/mol. The van der Waals surface area contributed by atoms with Gasteiger partial charge in [0.15, 0.2) is 0 Å². The molecular formula is C22H29Cl3N2O. The van der Waals surface area contributed by atoms with Gasteiger partial charge in [-0.05, 0) is 54.6 Å². The summed E-state index contributed by atoms with van der Waals surface area (Å²) in [7, 11) is 3.94. The molecule has 4 rings (SSSR count). The van der Waals surface area contributed by atoms with Gasteiger partial charge in [0.2, 0.25) is 0 Å². The Hall–Kier alpha value is -0.970. The van der Waals surface area contributed by atoms with Crippen molar-refractivity contribution in [2.75, 3.05) is 33.8 Å². The van der Waals surface area contributed by atoms with Gasteiger partial charge in [-0.3, -0.25) is 9.80 Å². The molecule has 0 radical (unpaired) electrons. The minimum Gasteiger partial charge on any atom is -0.495 e. The second-order valence-corrected chi connectivity index (χ2v) is 8.24. The van der Waals surface area contributed by atoms with Gasteiger partial charge in [-0.15, -0.1) is 24.8 Å². The molecule has 2 aliphatic rings. The van der Waals surface area contributed by atoms with E-state index in [4.69, 9.17) is 16.3 Å². The molecule has 0 bridgehead atoms. The van der Waals surface area contributed by atoms with E-state index in [1.54, 1.807) is 7.11 Å². The first-order valence-corrected chi connectivity index (χ1v) is 9.75. The Bertz CT molecular complexity index is 801. The highest BCUT2D eigenvalue weighted by molar-refractivity contribution is 6.32. The van der Waals surface area contributed by atoms with E-state index in [0.29, 0.717) is 17.0 Å². The minimum absolute atomic E-state index is 0. The second-order valence-electron chi connectivity index (χ2n) is 7.83. The Balaban J connectivity index is 0.00000140. The van der Waals surface area contributed by atoms with E-state index in [2.05, 4.69) is 54.1 Å². The zero-order chi connectivity index (χ0) is 18.3. The molecule has 0 amide bonds. The van der Waals surface area contributed by atoms with Crippen molar-refractivity contribution >= 4 is 36.4 Å². The van der Waals surface area contributed by atoms with Crippen LogP contribution >= 0.6 is 36.4 Å². The zero-order valence-electron chi connectivity index (χ0n) is 16.6. The minimum atomic E-state index is 0. The second kappa shape index (κ2) is 9.69. The number of fused-ring (bicyclic) bond motifs is 1. The van der Waals surface area contributed by atoms with Crippen LogP contribution in [0.4, 0.5) is 0 Å². The van der Waals surface area contributed by atoms with Gasteiger partial charge in [-0.25, -0.2) is 0 Å². The smallest absolute Gasteiger partial charge is 0.137 e. The van der Waals surface area contributed by atoms with Crippen LogP contribution in [0.1, 0.15) is 22.7 Å². The van der Waals surface area contributed by atoms with Gasteiger partial charge in [0.05, 0.1) is 12.1 Å². The highest BCUT2D eigenvalue weighted by Crippen LogP contribution is 2.45. The molecule has 3 nitrogen and oxygen atoms in total. The molecule has 0 aromatic heterocycles. The highest BCUT2D eigenvalue weighted by Gasteiger charge is 2.46. The fourth-order valence-electron chi connectivity index (χ4n) is 4.93. The number of aryl methyl sites for hydroxylation is 1. The van der Waals surface area contributed by atoms with E-state index in [0.717, 1.165) is 24.8 Å². The Labute approximate surface area is 185 Å². The summed E-state index contributed by atoms with van der Waals surface area (Å²) in [5, 5.41) is 0.696. The lowest BCUT2D eigenvalue weighted by Crippen LogP contribution is -2.29. The van der Waals surface area contributed by atoms with Crippen LogP contribution in [0.2, 0.25) is 5.02 Å². The molecule has 0 aliphatic carbocycles. The maximum Gasteiger partial charge on any atom is 0.137 e. The average Bonchev–Trinajstić information content (AvgIpc) is 3.12. The molecule has 2 heterocycles. The predicted octanol–water partition coefficient (Wildman–Crippen LogP) is 5.24. The molecule has 0 spiro atoms. The third kappa shape index (κ3) is 4.44. The standard InChI is InChI=1S/C22H27ClN2O.2ClH/c1-15-6-4-5-7-18(15)22-19-14-25(13-17(19)12-24(22)2)11-16-8-9-21(26-3)20(23)10-16;;/h4-10,17,19,22H,11-14H2,1-3H3;2*1H/t17-,19+,22+;;/m0../s1. The lowest BCUT2D eigenvalue weighted by Gasteiger charge is -2.28. The third-order valence-electron chi connectivity index (χ3n) is 6.10. The lowest BCUT2D eigenvalue weighted by atomic mass is 9.88. The number of benzene rings is 2. The van der Waals surface area contributed by atoms with E-state index in [1.165, 1.54) is 29.8 Å². The number of hydrogen-bond acceptors (Lipinski definition) is 3. The van der Waals surface area contributed by atoms with Crippen LogP contribution in [-0.2, 0) is 6.54 Å². The zero-order valence-corrected chi connectivity index (χ0v) is 19.0. The Morgan fingerprint density at radius 3 is 2.50 bits per heavy atom. The van der Waals surface area contributed by atoms with Crippen LogP contribution in [-0.4, -0.2) is 43.6 Å². The Morgan fingerprint density at radius 1 is 1.07 bits per heavy atom. The SMILES string of the molecule is COc1ccc(CN2C[C@@H]3CN(C)[C@H](c4ccccc4C)[C@@H]3C2)cc1Cl.Cl.Cl. The number of ether oxygens (including phenoxy) is 1. The van der Waals surface area contributed by atoms with Crippen molar-refractivity contribution in [1.29, 1.82) is 0 Å². The summed E-state index contributed by atoms with van der Waals surface area (Å²) < 4.78 is 5.27. The van der Waals surface area contributed by atoms with Crippen molar-refractivity contribution in [3.63, 3.8) is 0 Å². The van der Waals surface area contributed by atoms with Gasteiger partial charge in [-0.1, -0.05) is 41.9 Å². The lowest BCUT2D eigenvalue weighted by molar-refractivity contribution is 0.224. The first-order valence-electron chi connectivity index (χ1n) is 9.37. The van der Waals surface area contributed by atoms with Crippen LogP contribution in [0.3, 0.4) is 0 Å². The number of hydrogen-bond donors (Lipinski definition) is 0. The van der Waals surface area contributed by atoms with Gasteiger partial charge in [0.1, 0.15) is 5.75 Å². The topological polar surface area (TPSA) is 15.7 Å². The van der Waals surface area contributed by atoms with E-state index < -0.39 is 0 Å². The summed E-state index contributed by atoms with van der Waals surface area (Å²) in [6, 6.07) is 15.5. The van der Waals surface area contributed by atoms with E-state index in [1.807, 2.05) is 12.1 Å². The van der Waals surface area contributed by atoms with Crippen molar-refractivity contribution in [3.8, 4) is 5.75 Å². The maximum absolute atomic E-state index is 6.30. The van der Waals surface area contributed by atoms with Crippen LogP contribution in [0.25, 0.3) is 0 Å². The third-order valence-corrected chi connectivity index (χ3v) is 6.39. The maximum atomic E-state index is 6.30. The van der Waals surface area contributed by atoms with Gasteiger partial charge in [0, 0.05) is 32.2 Å². The number of nitrogens with zero attached hydrogens (tertiary/aromatic N) is 2. The molecule has 0 N–H and O–H groups in total. The molecule has 28 heavy (non-hydrogen) atoms. The summed E-state index contributed by atoms with van der Waals surface area (Å²) in [6.45, 7) is 6.70. The fraction of sp³-hybridized carbons (Fsp3) is 0.455. The molecule has 0 unspecified atom stereocenters. The van der Waals surface area contributed by atoms with Crippen molar-refractivity contribution < 1.29 is 4.74 Å². The van der Waals surface area contributed by atoms with Gasteiger partial charge < -0.3 is 4.74 Å². The van der Waals surface area contributed by atoms with E-state index >= 15 is 0 Å². The molecule has 2 fully saturated rings. The molecule has 0 saturated carbocycles. The Morgan fingerprint density at radius 2 is 1.82 bits per heavy atom. The van der Waals surface area contributed by atoms with Crippen LogP contribution in [0.5, 0.6) is 5.75 Å². The predicted molar refractivity (Wildman–Crippen MR) is 121 cm³/mol. The first-order chi connectivity index (χ1) is 12.6. The van der Waals surface area contributed by atoms with Crippen molar-refractivity contribution in [2.45, 2.75) is 19.5 Å². The Kier molecular flexibility index (Phi) is 8.06. The first kappa shape index (κ1) is 23.3. The molecule has 2 aliphatic heterocycles. The molecule has 2 aromatic carbocycles. The van der Waals surface area contributed by atoms with Gasteiger partial charge in [0.25, 0.3) is 0 Å². The number of likely N-dealkylation sites (tertiary alicyclic amines) is 2. The highest BCUT2D eigenvalue weighted by atomic mass is 35.5. The molecule has 2 saturated heterocycles. The summed E-state index contributed by atoms with van der Waals surface area (Å²) in [4.78, 5) is 5.14. The molecule has 2 aromatic rings. The van der Waals surface area contributed by atoms with Gasteiger partial charge >= 0.3 is 0 Å². The van der Waals surface area contributed by atoms with E-state index in [-0.39, 0.29) is 24.8 Å². The van der Waals surface area contributed by atoms with Crippen molar-refractivity contribution in [3.05, 3.63) is 64.2 Å². The van der Waals surface area contributed by atoms with Crippen molar-refractivity contribution in [2.24, 2.45) is 11.8 Å².